The molecule has 0 spiro atoms. The number of hydrogen-bond donors (Lipinski definition) is 3. The van der Waals surface area contributed by atoms with Gasteiger partial charge in [-0.15, -0.1) is 0 Å². The van der Waals surface area contributed by atoms with E-state index >= 15 is 0 Å². The summed E-state index contributed by atoms with van der Waals surface area (Å²) in [6, 6.07) is 3.74. The molecule has 1 heterocycles. The van der Waals surface area contributed by atoms with Gasteiger partial charge in [0.15, 0.2) is 0 Å². The highest BCUT2D eigenvalue weighted by atomic mass is 16.1. The normalized spacial score (nSPS) is 11.4. The number of pyridine rings is 1. The summed E-state index contributed by atoms with van der Waals surface area (Å²) in [5, 5.41) is 14.8. The minimum Gasteiger partial charge on any atom is -0.397 e. The molecule has 0 saturated heterocycles. The van der Waals surface area contributed by atoms with E-state index in [2.05, 4.69) is 15.6 Å². The van der Waals surface area contributed by atoms with Crippen molar-refractivity contribution in [2.24, 2.45) is 0 Å². The van der Waals surface area contributed by atoms with Crippen molar-refractivity contribution in [2.75, 3.05) is 17.6 Å². The van der Waals surface area contributed by atoms with E-state index in [4.69, 9.17) is 11.0 Å². The van der Waals surface area contributed by atoms with Crippen LogP contribution in [0.15, 0.2) is 12.3 Å². The van der Waals surface area contributed by atoms with Crippen LogP contribution >= 0.6 is 0 Å². The van der Waals surface area contributed by atoms with Crippen LogP contribution < -0.4 is 16.4 Å². The number of carbonyl (C=O) groups excluding carboxylic acids is 1. The van der Waals surface area contributed by atoms with Crippen molar-refractivity contribution in [1.29, 1.82) is 5.26 Å². The van der Waals surface area contributed by atoms with Gasteiger partial charge in [-0.1, -0.05) is 6.92 Å². The maximum atomic E-state index is 11.6. The number of nitrogens with two attached hydrogens (primary N) is 1. The Morgan fingerprint density at radius 3 is 3.00 bits per heavy atom. The van der Waals surface area contributed by atoms with Gasteiger partial charge in [-0.2, -0.15) is 5.26 Å². The number of nitrogens with zero attached hydrogens (tertiary/aromatic N) is 2. The summed E-state index contributed by atoms with van der Waals surface area (Å²) in [5.74, 6) is 0.434. The van der Waals surface area contributed by atoms with Crippen molar-refractivity contribution in [3.63, 3.8) is 0 Å². The van der Waals surface area contributed by atoms with Crippen molar-refractivity contribution in [1.82, 2.24) is 10.3 Å². The third-order valence-corrected chi connectivity index (χ3v) is 2.69. The molecule has 1 atom stereocenters. The molecule has 0 aromatic carbocycles. The maximum absolute atomic E-state index is 11.6. The molecular weight excluding hydrogens is 242 g/mol. The van der Waals surface area contributed by atoms with Gasteiger partial charge in [0.05, 0.1) is 17.4 Å². The van der Waals surface area contributed by atoms with Crippen LogP contribution in [0.25, 0.3) is 0 Å². The van der Waals surface area contributed by atoms with Gasteiger partial charge in [0.2, 0.25) is 5.91 Å². The Hall–Kier alpha value is -2.29. The molecule has 4 N–H and O–H groups in total. The Kier molecular flexibility index (Phi) is 5.61. The lowest BCUT2D eigenvalue weighted by Crippen LogP contribution is -2.33. The number of nitrogen functional groups attached to an aromatic ring is 1. The van der Waals surface area contributed by atoms with Gasteiger partial charge in [-0.3, -0.25) is 4.79 Å². The fourth-order valence-electron chi connectivity index (χ4n) is 1.45. The van der Waals surface area contributed by atoms with E-state index in [1.807, 2.05) is 19.9 Å². The minimum absolute atomic E-state index is 0.0178. The first-order valence-corrected chi connectivity index (χ1v) is 6.25. The third-order valence-electron chi connectivity index (χ3n) is 2.69. The van der Waals surface area contributed by atoms with Crippen LogP contribution in [0.4, 0.5) is 11.5 Å². The van der Waals surface area contributed by atoms with Crippen LogP contribution in [0.1, 0.15) is 32.3 Å². The summed E-state index contributed by atoms with van der Waals surface area (Å²) in [6.45, 7) is 4.40. The van der Waals surface area contributed by atoms with E-state index in [0.717, 1.165) is 6.42 Å². The monoisotopic (exact) mass is 261 g/mol. The molecule has 1 aromatic rings. The average molecular weight is 261 g/mol. The zero-order valence-electron chi connectivity index (χ0n) is 11.2. The van der Waals surface area contributed by atoms with Crippen LogP contribution in [0.3, 0.4) is 0 Å². The first-order chi connectivity index (χ1) is 9.06. The molecule has 6 nitrogen and oxygen atoms in total. The second-order valence-corrected chi connectivity index (χ2v) is 4.33. The number of anilines is 2. The molecule has 1 amide bonds. The number of rotatable bonds is 6. The van der Waals surface area contributed by atoms with E-state index in [1.54, 1.807) is 6.07 Å². The molecule has 1 rings (SSSR count). The minimum atomic E-state index is -0.0178. The third kappa shape index (κ3) is 4.84. The van der Waals surface area contributed by atoms with E-state index < -0.39 is 0 Å². The topological polar surface area (TPSA) is 104 Å². The van der Waals surface area contributed by atoms with Crippen molar-refractivity contribution < 1.29 is 4.79 Å². The van der Waals surface area contributed by atoms with E-state index in [9.17, 15) is 4.79 Å². The second kappa shape index (κ2) is 7.21. The summed E-state index contributed by atoms with van der Waals surface area (Å²) < 4.78 is 0. The van der Waals surface area contributed by atoms with Crippen LogP contribution in [0, 0.1) is 11.3 Å². The molecule has 6 heteroatoms. The first-order valence-electron chi connectivity index (χ1n) is 6.25. The molecule has 0 saturated carbocycles. The highest BCUT2D eigenvalue weighted by Gasteiger charge is 2.07. The average Bonchev–Trinajstić information content (AvgIpc) is 2.40. The standard InChI is InChI=1S/C13H19N5O/c1-3-9(2)18-12(19)4-5-16-13-10(7-14)6-11(15)8-17-13/h6,8-9H,3-5,15H2,1-2H3,(H,16,17)(H,18,19). The Labute approximate surface area is 113 Å². The molecule has 0 radical (unpaired) electrons. The smallest absolute Gasteiger partial charge is 0.221 e. The van der Waals surface area contributed by atoms with Gasteiger partial charge < -0.3 is 16.4 Å². The molecule has 102 valence electrons. The molecule has 1 aromatic heterocycles. The van der Waals surface area contributed by atoms with Crippen molar-refractivity contribution >= 4 is 17.4 Å². The fourth-order valence-corrected chi connectivity index (χ4v) is 1.45. The van der Waals surface area contributed by atoms with Crippen LogP contribution in [0.2, 0.25) is 0 Å². The van der Waals surface area contributed by atoms with Crippen LogP contribution in [-0.4, -0.2) is 23.5 Å². The van der Waals surface area contributed by atoms with E-state index in [1.165, 1.54) is 6.20 Å². The highest BCUT2D eigenvalue weighted by molar-refractivity contribution is 5.76. The van der Waals surface area contributed by atoms with Crippen molar-refractivity contribution in [3.05, 3.63) is 17.8 Å². The molecular formula is C13H19N5O. The Balaban J connectivity index is 2.46. The van der Waals surface area contributed by atoms with Gasteiger partial charge in [0.1, 0.15) is 11.9 Å². The SMILES string of the molecule is CCC(C)NC(=O)CCNc1ncc(N)cc1C#N. The summed E-state index contributed by atoms with van der Waals surface area (Å²) >= 11 is 0. The van der Waals surface area contributed by atoms with Crippen molar-refractivity contribution in [3.8, 4) is 6.07 Å². The van der Waals surface area contributed by atoms with Gasteiger partial charge >= 0.3 is 0 Å². The molecule has 19 heavy (non-hydrogen) atoms. The van der Waals surface area contributed by atoms with Crippen LogP contribution in [0.5, 0.6) is 0 Å². The number of amides is 1. The Morgan fingerprint density at radius 1 is 1.63 bits per heavy atom. The number of nitrogens with one attached hydrogen (secondary N) is 2. The fraction of sp³-hybridized carbons (Fsp3) is 0.462. The molecule has 0 aliphatic rings. The van der Waals surface area contributed by atoms with E-state index in [0.29, 0.717) is 30.0 Å². The second-order valence-electron chi connectivity index (χ2n) is 4.33. The van der Waals surface area contributed by atoms with Gasteiger partial charge in [0, 0.05) is 19.0 Å². The molecule has 0 fully saturated rings. The lowest BCUT2D eigenvalue weighted by Gasteiger charge is -2.12. The zero-order chi connectivity index (χ0) is 14.3. The summed E-state index contributed by atoms with van der Waals surface area (Å²) in [6.07, 6.45) is 2.71. The molecule has 1 unspecified atom stereocenters. The highest BCUT2D eigenvalue weighted by Crippen LogP contribution is 2.13. The number of aromatic nitrogens is 1. The predicted octanol–water partition coefficient (Wildman–Crippen LogP) is 1.25. The maximum Gasteiger partial charge on any atom is 0.221 e. The van der Waals surface area contributed by atoms with Gasteiger partial charge in [-0.05, 0) is 19.4 Å². The lowest BCUT2D eigenvalue weighted by atomic mass is 10.2. The van der Waals surface area contributed by atoms with Gasteiger partial charge in [-0.25, -0.2) is 4.98 Å². The molecule has 0 aliphatic carbocycles. The Morgan fingerprint density at radius 2 is 2.37 bits per heavy atom. The first kappa shape index (κ1) is 14.8. The predicted molar refractivity (Wildman–Crippen MR) is 74.4 cm³/mol. The molecule has 0 aliphatic heterocycles. The number of carbonyl (C=O) groups is 1. The zero-order valence-corrected chi connectivity index (χ0v) is 11.2. The van der Waals surface area contributed by atoms with E-state index in [-0.39, 0.29) is 11.9 Å². The largest absolute Gasteiger partial charge is 0.397 e. The summed E-state index contributed by atoms with van der Waals surface area (Å²) in [4.78, 5) is 15.6. The van der Waals surface area contributed by atoms with Gasteiger partial charge in [0.25, 0.3) is 0 Å². The van der Waals surface area contributed by atoms with Crippen LogP contribution in [-0.2, 0) is 4.79 Å². The number of nitriles is 1. The lowest BCUT2D eigenvalue weighted by molar-refractivity contribution is -0.121. The molecule has 0 bridgehead atoms. The summed E-state index contributed by atoms with van der Waals surface area (Å²) in [5.41, 5.74) is 6.36. The quantitative estimate of drug-likeness (QED) is 0.715. The van der Waals surface area contributed by atoms with Crippen molar-refractivity contribution in [2.45, 2.75) is 32.7 Å². The summed E-state index contributed by atoms with van der Waals surface area (Å²) in [7, 11) is 0. The Bertz CT molecular complexity index is 480. The number of hydrogen-bond acceptors (Lipinski definition) is 5.